The molecule has 2 aliphatic rings. The van der Waals surface area contributed by atoms with Crippen LogP contribution in [0, 0.1) is 5.92 Å². The van der Waals surface area contributed by atoms with Gasteiger partial charge in [0.05, 0.1) is 12.3 Å². The lowest BCUT2D eigenvalue weighted by atomic mass is 9.85. The largest absolute Gasteiger partial charge is 0.456 e. The van der Waals surface area contributed by atoms with E-state index in [1.54, 1.807) is 0 Å². The van der Waals surface area contributed by atoms with Gasteiger partial charge in [0.25, 0.3) is 0 Å². The summed E-state index contributed by atoms with van der Waals surface area (Å²) in [6.07, 6.45) is 14.9. The predicted octanol–water partition coefficient (Wildman–Crippen LogP) is 12.7. The molecule has 3 aromatic heterocycles. The molecule has 4 N–H and O–H groups in total. The first kappa shape index (κ1) is 34.2. The molecule has 9 aromatic rings. The van der Waals surface area contributed by atoms with Crippen LogP contribution in [0.3, 0.4) is 0 Å². The van der Waals surface area contributed by atoms with Crippen LogP contribution in [-0.4, -0.2) is 6.17 Å². The Hall–Kier alpha value is -6.02. The molecule has 4 atom stereocenters. The Bertz CT molecular complexity index is 3060. The van der Waals surface area contributed by atoms with Gasteiger partial charge in [-0.15, -0.1) is 11.3 Å². The summed E-state index contributed by atoms with van der Waals surface area (Å²) in [5.41, 5.74) is 17.6. The third-order valence-corrected chi connectivity index (χ3v) is 13.3. The van der Waals surface area contributed by atoms with Crippen molar-refractivity contribution in [1.29, 1.82) is 0 Å². The molecule has 5 nitrogen and oxygen atoms in total. The molecular formula is C51H41N3O2S. The average Bonchev–Trinajstić information content (AvgIpc) is 3.97. The van der Waals surface area contributed by atoms with Gasteiger partial charge >= 0.3 is 0 Å². The minimum Gasteiger partial charge on any atom is -0.456 e. The summed E-state index contributed by atoms with van der Waals surface area (Å²) < 4.78 is 14.6. The van der Waals surface area contributed by atoms with E-state index in [0.717, 1.165) is 62.6 Å². The van der Waals surface area contributed by atoms with Crippen molar-refractivity contribution in [2.75, 3.05) is 0 Å². The van der Waals surface area contributed by atoms with Gasteiger partial charge in [-0.2, -0.15) is 0 Å². The number of benzene rings is 6. The van der Waals surface area contributed by atoms with Crippen LogP contribution in [0.1, 0.15) is 52.1 Å². The first-order chi connectivity index (χ1) is 28.2. The zero-order valence-electron chi connectivity index (χ0n) is 31.3. The van der Waals surface area contributed by atoms with Crippen LogP contribution >= 0.6 is 11.3 Å². The minimum atomic E-state index is -0.303. The number of hydrogen-bond acceptors (Lipinski definition) is 6. The van der Waals surface area contributed by atoms with Gasteiger partial charge in [0.15, 0.2) is 0 Å². The zero-order valence-corrected chi connectivity index (χ0v) is 32.1. The van der Waals surface area contributed by atoms with E-state index in [1.165, 1.54) is 42.4 Å². The lowest BCUT2D eigenvalue weighted by Crippen LogP contribution is -2.50. The standard InChI is InChI=1S/C51H41N3O2S/c52-50(31-14-3-1-4-15-31)54-51(32-16-5-2-6-17-32)53-30-33-18-9-21-35-36-22-10-23-37(47(36)56-46(33)35)39-25-12-27-41-40-26-11-24-38(48(40)57-49(39)41)34-20-13-29-44-45(34)42-19-7-8-28-43(42)55-44/h1-16,18-23,25-29,32,38,50-51,53-54H,17,24,30,52H2. The predicted molar refractivity (Wildman–Crippen MR) is 237 cm³/mol. The van der Waals surface area contributed by atoms with Crippen molar-refractivity contribution in [2.45, 2.75) is 37.6 Å². The molecule has 0 spiro atoms. The Morgan fingerprint density at radius 3 is 2.30 bits per heavy atom. The maximum atomic E-state index is 6.99. The van der Waals surface area contributed by atoms with Gasteiger partial charge in [-0.1, -0.05) is 152 Å². The van der Waals surface area contributed by atoms with Crippen LogP contribution in [0.4, 0.5) is 0 Å². The number of allylic oxidation sites excluding steroid dienone is 4. The number of nitrogens with two attached hydrogens (primary N) is 1. The molecule has 0 aliphatic heterocycles. The quantitative estimate of drug-likeness (QED) is 0.128. The maximum absolute atomic E-state index is 6.99. The van der Waals surface area contributed by atoms with Gasteiger partial charge in [0, 0.05) is 71.6 Å². The molecule has 0 amide bonds. The minimum absolute atomic E-state index is 0.0452. The summed E-state index contributed by atoms with van der Waals surface area (Å²) in [6.45, 7) is 0.624. The Kier molecular flexibility index (Phi) is 8.52. The van der Waals surface area contributed by atoms with E-state index in [0.29, 0.717) is 6.54 Å². The zero-order chi connectivity index (χ0) is 37.9. The number of fused-ring (bicyclic) bond motifs is 9. The summed E-state index contributed by atoms with van der Waals surface area (Å²) >= 11 is 1.93. The molecule has 6 aromatic carbocycles. The van der Waals surface area contributed by atoms with E-state index in [9.17, 15) is 0 Å². The van der Waals surface area contributed by atoms with E-state index in [-0.39, 0.29) is 24.2 Å². The molecule has 0 bridgehead atoms. The summed E-state index contributed by atoms with van der Waals surface area (Å²) in [6, 6.07) is 45.0. The second kappa shape index (κ2) is 14.2. The van der Waals surface area contributed by atoms with Crippen LogP contribution in [0.2, 0.25) is 0 Å². The van der Waals surface area contributed by atoms with Crippen molar-refractivity contribution in [3.63, 3.8) is 0 Å². The van der Waals surface area contributed by atoms with E-state index < -0.39 is 0 Å². The molecule has 3 heterocycles. The number of hydrogen-bond donors (Lipinski definition) is 3. The lowest BCUT2D eigenvalue weighted by molar-refractivity contribution is 0.307. The van der Waals surface area contributed by atoms with Crippen molar-refractivity contribution in [3.05, 3.63) is 185 Å². The second-order valence-electron chi connectivity index (χ2n) is 15.3. The molecule has 11 rings (SSSR count). The van der Waals surface area contributed by atoms with E-state index in [1.807, 2.05) is 35.6 Å². The monoisotopic (exact) mass is 759 g/mol. The SMILES string of the molecule is NC(NC(NCc1cccc2c1oc1c(-c3cccc4c5c(sc34)C(c3cccc4oc6ccccc6c34)CC=C5)cccc12)C1C=CC=CC1)c1ccccc1. The summed E-state index contributed by atoms with van der Waals surface area (Å²) in [7, 11) is 0. The van der Waals surface area contributed by atoms with E-state index >= 15 is 0 Å². The molecule has 0 saturated heterocycles. The van der Waals surface area contributed by atoms with Crippen LogP contribution in [0.5, 0.6) is 0 Å². The molecular weight excluding hydrogens is 719 g/mol. The molecule has 6 heteroatoms. The smallest absolute Gasteiger partial charge is 0.143 e. The second-order valence-corrected chi connectivity index (χ2v) is 16.3. The third-order valence-electron chi connectivity index (χ3n) is 11.9. The van der Waals surface area contributed by atoms with Gasteiger partial charge in [0.2, 0.25) is 0 Å². The fourth-order valence-electron chi connectivity index (χ4n) is 9.17. The van der Waals surface area contributed by atoms with Crippen molar-refractivity contribution in [3.8, 4) is 11.1 Å². The highest BCUT2D eigenvalue weighted by molar-refractivity contribution is 7.20. The molecule has 0 radical (unpaired) electrons. The van der Waals surface area contributed by atoms with Crippen molar-refractivity contribution in [1.82, 2.24) is 10.6 Å². The van der Waals surface area contributed by atoms with Crippen molar-refractivity contribution >= 4 is 71.4 Å². The highest BCUT2D eigenvalue weighted by Crippen LogP contribution is 2.50. The van der Waals surface area contributed by atoms with Gasteiger partial charge in [-0.25, -0.2) is 0 Å². The molecule has 57 heavy (non-hydrogen) atoms. The molecule has 0 saturated carbocycles. The van der Waals surface area contributed by atoms with E-state index in [4.69, 9.17) is 14.6 Å². The fraction of sp³-hybridized carbons (Fsp3) is 0.137. The Morgan fingerprint density at radius 2 is 1.42 bits per heavy atom. The fourth-order valence-corrected chi connectivity index (χ4v) is 10.6. The first-order valence-corrected chi connectivity index (χ1v) is 20.7. The lowest BCUT2D eigenvalue weighted by Gasteiger charge is -2.30. The Labute approximate surface area is 334 Å². The highest BCUT2D eigenvalue weighted by Gasteiger charge is 2.28. The van der Waals surface area contributed by atoms with Crippen LogP contribution in [0.15, 0.2) is 167 Å². The number of rotatable bonds is 9. The number of nitrogens with one attached hydrogen (secondary N) is 2. The topological polar surface area (TPSA) is 76.4 Å². The first-order valence-electron chi connectivity index (χ1n) is 19.9. The van der Waals surface area contributed by atoms with Gasteiger partial charge in [-0.05, 0) is 41.7 Å². The highest BCUT2D eigenvalue weighted by atomic mass is 32.1. The van der Waals surface area contributed by atoms with Crippen LogP contribution < -0.4 is 16.4 Å². The van der Waals surface area contributed by atoms with Crippen LogP contribution in [0.25, 0.3) is 71.2 Å². The third kappa shape index (κ3) is 5.87. The Morgan fingerprint density at radius 1 is 0.667 bits per heavy atom. The molecule has 0 fully saturated rings. The summed E-state index contributed by atoms with van der Waals surface area (Å²) in [5.74, 6) is 0.488. The number of para-hydroxylation sites is 3. The Balaban J connectivity index is 0.970. The summed E-state index contributed by atoms with van der Waals surface area (Å²) in [4.78, 5) is 1.40. The van der Waals surface area contributed by atoms with Gasteiger partial charge in [0.1, 0.15) is 22.3 Å². The molecule has 2 aliphatic carbocycles. The van der Waals surface area contributed by atoms with Gasteiger partial charge in [-0.3, -0.25) is 10.6 Å². The maximum Gasteiger partial charge on any atom is 0.143 e. The van der Waals surface area contributed by atoms with Crippen LogP contribution in [-0.2, 0) is 6.54 Å². The van der Waals surface area contributed by atoms with Crippen molar-refractivity contribution in [2.24, 2.45) is 11.7 Å². The average molecular weight is 760 g/mol. The molecule has 278 valence electrons. The number of thiophene rings is 1. The normalized spacial score (nSPS) is 17.6. The van der Waals surface area contributed by atoms with E-state index in [2.05, 4.69) is 150 Å². The van der Waals surface area contributed by atoms with Gasteiger partial charge < -0.3 is 14.6 Å². The number of furan rings is 2. The summed E-state index contributed by atoms with van der Waals surface area (Å²) in [5, 5.41) is 13.5. The molecule has 4 unspecified atom stereocenters. The van der Waals surface area contributed by atoms with Crippen molar-refractivity contribution < 1.29 is 8.83 Å².